The molecule has 3 heterocycles. The summed E-state index contributed by atoms with van der Waals surface area (Å²) in [7, 11) is 0. The van der Waals surface area contributed by atoms with Crippen molar-refractivity contribution in [2.75, 3.05) is 19.6 Å². The van der Waals surface area contributed by atoms with Crippen LogP contribution in [-0.4, -0.2) is 40.2 Å². The summed E-state index contributed by atoms with van der Waals surface area (Å²) >= 11 is 1.65. The normalized spacial score (nSPS) is 17.8. The quantitative estimate of drug-likeness (QED) is 0.807. The standard InChI is InChI=1S/C18H23F3N4OS/c1-13-4-7-24(8-5-13)14(15-3-2-10-27-15)11-22-17(26)12-25-9-6-16(23-25)18(19,20)21/h2-3,6,9-10,13-14H,4-5,7-8,11-12H2,1H3,(H,22,26). The van der Waals surface area contributed by atoms with E-state index in [1.54, 1.807) is 11.3 Å². The summed E-state index contributed by atoms with van der Waals surface area (Å²) in [5, 5.41) is 8.29. The number of hydrogen-bond donors (Lipinski definition) is 1. The van der Waals surface area contributed by atoms with Crippen LogP contribution >= 0.6 is 11.3 Å². The zero-order chi connectivity index (χ0) is 19.4. The van der Waals surface area contributed by atoms with Crippen LogP contribution in [0.5, 0.6) is 0 Å². The van der Waals surface area contributed by atoms with Gasteiger partial charge in [0.05, 0.1) is 6.04 Å². The first-order valence-electron chi connectivity index (χ1n) is 8.97. The van der Waals surface area contributed by atoms with Crippen molar-refractivity contribution in [2.24, 2.45) is 5.92 Å². The lowest BCUT2D eigenvalue weighted by Crippen LogP contribution is -2.42. The van der Waals surface area contributed by atoms with Crippen molar-refractivity contribution in [3.8, 4) is 0 Å². The summed E-state index contributed by atoms with van der Waals surface area (Å²) in [6, 6.07) is 5.01. The Morgan fingerprint density at radius 1 is 1.37 bits per heavy atom. The van der Waals surface area contributed by atoms with E-state index >= 15 is 0 Å². The molecule has 1 amide bonds. The predicted octanol–water partition coefficient (Wildman–Crippen LogP) is 3.55. The van der Waals surface area contributed by atoms with Gasteiger partial charge in [0.1, 0.15) is 6.54 Å². The number of nitrogens with one attached hydrogen (secondary N) is 1. The average molecular weight is 400 g/mol. The molecule has 27 heavy (non-hydrogen) atoms. The predicted molar refractivity (Wildman–Crippen MR) is 97.3 cm³/mol. The summed E-state index contributed by atoms with van der Waals surface area (Å²) in [6.45, 7) is 4.41. The number of piperidine rings is 1. The zero-order valence-electron chi connectivity index (χ0n) is 15.1. The third-order valence-electron chi connectivity index (χ3n) is 4.86. The van der Waals surface area contributed by atoms with Crippen LogP contribution in [0.15, 0.2) is 29.8 Å². The Morgan fingerprint density at radius 3 is 2.70 bits per heavy atom. The van der Waals surface area contributed by atoms with E-state index in [0.29, 0.717) is 12.5 Å². The fourth-order valence-corrected chi connectivity index (χ4v) is 4.11. The fourth-order valence-electron chi connectivity index (χ4n) is 3.25. The second-order valence-corrected chi connectivity index (χ2v) is 7.93. The van der Waals surface area contributed by atoms with Crippen molar-refractivity contribution in [2.45, 2.75) is 38.5 Å². The molecule has 1 N–H and O–H groups in total. The van der Waals surface area contributed by atoms with Crippen molar-refractivity contribution >= 4 is 17.2 Å². The highest BCUT2D eigenvalue weighted by molar-refractivity contribution is 7.10. The molecule has 0 bridgehead atoms. The van der Waals surface area contributed by atoms with E-state index in [2.05, 4.69) is 28.3 Å². The van der Waals surface area contributed by atoms with Crippen LogP contribution in [0.1, 0.15) is 36.4 Å². The number of amides is 1. The lowest BCUT2D eigenvalue weighted by Gasteiger charge is -2.36. The van der Waals surface area contributed by atoms with Gasteiger partial charge in [0.2, 0.25) is 5.91 Å². The molecule has 1 saturated heterocycles. The van der Waals surface area contributed by atoms with Crippen LogP contribution < -0.4 is 5.32 Å². The first-order valence-corrected chi connectivity index (χ1v) is 9.85. The Hall–Kier alpha value is -1.87. The van der Waals surface area contributed by atoms with E-state index in [9.17, 15) is 18.0 Å². The van der Waals surface area contributed by atoms with Gasteiger partial charge < -0.3 is 5.32 Å². The molecule has 0 saturated carbocycles. The first-order chi connectivity index (χ1) is 12.8. The second kappa shape index (κ2) is 8.43. The monoisotopic (exact) mass is 400 g/mol. The van der Waals surface area contributed by atoms with Gasteiger partial charge in [-0.1, -0.05) is 13.0 Å². The minimum Gasteiger partial charge on any atom is -0.353 e. The molecule has 0 aromatic carbocycles. The van der Waals surface area contributed by atoms with Crippen molar-refractivity contribution in [3.05, 3.63) is 40.3 Å². The lowest BCUT2D eigenvalue weighted by molar-refractivity contribution is -0.141. The molecule has 9 heteroatoms. The maximum absolute atomic E-state index is 12.6. The van der Waals surface area contributed by atoms with Gasteiger partial charge in [-0.25, -0.2) is 0 Å². The SMILES string of the molecule is CC1CCN(C(CNC(=O)Cn2ccc(C(F)(F)F)n2)c2cccs2)CC1. The number of likely N-dealkylation sites (tertiary alicyclic amines) is 1. The summed E-state index contributed by atoms with van der Waals surface area (Å²) in [5.41, 5.74) is -0.991. The number of halogens is 3. The smallest absolute Gasteiger partial charge is 0.353 e. The Morgan fingerprint density at radius 2 is 2.11 bits per heavy atom. The minimum atomic E-state index is -4.50. The highest BCUT2D eigenvalue weighted by Gasteiger charge is 2.33. The summed E-state index contributed by atoms with van der Waals surface area (Å²) in [4.78, 5) is 15.8. The Kier molecular flexibility index (Phi) is 6.21. The maximum atomic E-state index is 12.6. The number of alkyl halides is 3. The molecule has 1 fully saturated rings. The molecule has 3 rings (SSSR count). The minimum absolute atomic E-state index is 0.0878. The maximum Gasteiger partial charge on any atom is 0.435 e. The second-order valence-electron chi connectivity index (χ2n) is 6.95. The van der Waals surface area contributed by atoms with E-state index in [-0.39, 0.29) is 18.5 Å². The molecular weight excluding hydrogens is 377 g/mol. The number of thiophene rings is 1. The topological polar surface area (TPSA) is 50.2 Å². The lowest BCUT2D eigenvalue weighted by atomic mass is 9.97. The first kappa shape index (κ1) is 19.9. The van der Waals surface area contributed by atoms with E-state index in [1.807, 2.05) is 11.4 Å². The summed E-state index contributed by atoms with van der Waals surface area (Å²) in [5.74, 6) is 0.362. The average Bonchev–Trinajstić information content (AvgIpc) is 3.28. The number of rotatable bonds is 6. The van der Waals surface area contributed by atoms with Crippen molar-refractivity contribution < 1.29 is 18.0 Å². The number of carbonyl (C=O) groups excluding carboxylic acids is 1. The number of hydrogen-bond acceptors (Lipinski definition) is 4. The fraction of sp³-hybridized carbons (Fsp3) is 0.556. The molecule has 0 radical (unpaired) electrons. The van der Waals surface area contributed by atoms with Crippen molar-refractivity contribution in [1.82, 2.24) is 20.0 Å². The highest BCUT2D eigenvalue weighted by Crippen LogP contribution is 2.29. The molecule has 1 aliphatic rings. The molecule has 5 nitrogen and oxygen atoms in total. The number of nitrogens with zero attached hydrogens (tertiary/aromatic N) is 3. The molecule has 148 valence electrons. The van der Waals surface area contributed by atoms with Crippen LogP contribution in [-0.2, 0) is 17.5 Å². The number of carbonyl (C=O) groups is 1. The third kappa shape index (κ3) is 5.32. The Labute approximate surface area is 160 Å². The molecule has 1 aliphatic heterocycles. The van der Waals surface area contributed by atoms with Crippen LogP contribution in [0, 0.1) is 5.92 Å². The van der Waals surface area contributed by atoms with E-state index in [4.69, 9.17) is 0 Å². The Bertz CT molecular complexity index is 736. The Balaban J connectivity index is 1.58. The van der Waals surface area contributed by atoms with Crippen LogP contribution in [0.4, 0.5) is 13.2 Å². The molecule has 0 aliphatic carbocycles. The van der Waals surface area contributed by atoms with Gasteiger partial charge >= 0.3 is 6.18 Å². The van der Waals surface area contributed by atoms with Gasteiger partial charge in [-0.3, -0.25) is 14.4 Å². The van der Waals surface area contributed by atoms with Gasteiger partial charge in [0.25, 0.3) is 0 Å². The number of aromatic nitrogens is 2. The van der Waals surface area contributed by atoms with Crippen LogP contribution in [0.25, 0.3) is 0 Å². The summed E-state index contributed by atoms with van der Waals surface area (Å²) in [6.07, 6.45) is -1.07. The van der Waals surface area contributed by atoms with Gasteiger partial charge in [0.15, 0.2) is 5.69 Å². The molecular formula is C18H23F3N4OS. The molecule has 1 atom stereocenters. The van der Waals surface area contributed by atoms with Gasteiger partial charge in [-0.2, -0.15) is 18.3 Å². The van der Waals surface area contributed by atoms with E-state index in [0.717, 1.165) is 36.7 Å². The van der Waals surface area contributed by atoms with Crippen LogP contribution in [0.2, 0.25) is 0 Å². The molecule has 2 aromatic rings. The van der Waals surface area contributed by atoms with Gasteiger partial charge in [-0.15, -0.1) is 11.3 Å². The highest BCUT2D eigenvalue weighted by atomic mass is 32.1. The molecule has 1 unspecified atom stereocenters. The van der Waals surface area contributed by atoms with E-state index < -0.39 is 11.9 Å². The van der Waals surface area contributed by atoms with Gasteiger partial charge in [0, 0.05) is 17.6 Å². The molecule has 2 aromatic heterocycles. The van der Waals surface area contributed by atoms with Crippen molar-refractivity contribution in [1.29, 1.82) is 0 Å². The van der Waals surface area contributed by atoms with E-state index in [1.165, 1.54) is 11.1 Å². The molecule has 0 spiro atoms. The van der Waals surface area contributed by atoms with Crippen LogP contribution in [0.3, 0.4) is 0 Å². The third-order valence-corrected chi connectivity index (χ3v) is 5.83. The van der Waals surface area contributed by atoms with Gasteiger partial charge in [-0.05, 0) is 49.4 Å². The largest absolute Gasteiger partial charge is 0.435 e. The van der Waals surface area contributed by atoms with Crippen molar-refractivity contribution in [3.63, 3.8) is 0 Å². The summed E-state index contributed by atoms with van der Waals surface area (Å²) < 4.78 is 38.8. The zero-order valence-corrected chi connectivity index (χ0v) is 15.9.